The van der Waals surface area contributed by atoms with Gasteiger partial charge >= 0.3 is 0 Å². The molecule has 0 aromatic carbocycles. The van der Waals surface area contributed by atoms with Crippen LogP contribution in [0, 0.1) is 5.92 Å². The number of carbonyl (C=O) groups is 2. The topological polar surface area (TPSA) is 61.4 Å². The number of likely N-dealkylation sites (tertiary alicyclic amines) is 1. The zero-order valence-electron chi connectivity index (χ0n) is 12.8. The Balaban J connectivity index is 1.41. The highest BCUT2D eigenvalue weighted by molar-refractivity contribution is 5.82. The second-order valence-corrected chi connectivity index (χ2v) is 6.74. The maximum atomic E-state index is 12.3. The molecule has 1 atom stereocenters. The van der Waals surface area contributed by atoms with Gasteiger partial charge in [0.2, 0.25) is 11.8 Å². The maximum absolute atomic E-state index is 12.3. The van der Waals surface area contributed by atoms with Gasteiger partial charge in [-0.3, -0.25) is 9.59 Å². The van der Waals surface area contributed by atoms with Crippen LogP contribution in [0.1, 0.15) is 51.4 Å². The molecule has 2 saturated heterocycles. The van der Waals surface area contributed by atoms with Gasteiger partial charge in [0.1, 0.15) is 0 Å². The Kier molecular flexibility index (Phi) is 4.78. The average Bonchev–Trinajstić information content (AvgIpc) is 3.34. The zero-order valence-corrected chi connectivity index (χ0v) is 12.8. The molecule has 0 spiro atoms. The lowest BCUT2D eigenvalue weighted by molar-refractivity contribution is -0.133. The van der Waals surface area contributed by atoms with Crippen LogP contribution >= 0.6 is 0 Å². The van der Waals surface area contributed by atoms with Gasteiger partial charge in [0.05, 0.1) is 6.04 Å². The number of hydrogen-bond acceptors (Lipinski definition) is 3. The van der Waals surface area contributed by atoms with Crippen molar-refractivity contribution >= 4 is 11.8 Å². The largest absolute Gasteiger partial charge is 0.352 e. The molecule has 1 unspecified atom stereocenters. The number of nitrogens with one attached hydrogen (secondary N) is 2. The SMILES string of the molecule is O=C(NC1CCN(C(=O)C2CC2)CC1)C1CCCCCN1. The zero-order chi connectivity index (χ0) is 14.7. The minimum Gasteiger partial charge on any atom is -0.352 e. The van der Waals surface area contributed by atoms with Crippen molar-refractivity contribution in [2.45, 2.75) is 63.5 Å². The highest BCUT2D eigenvalue weighted by Crippen LogP contribution is 2.31. The molecule has 5 heteroatoms. The summed E-state index contributed by atoms with van der Waals surface area (Å²) >= 11 is 0. The van der Waals surface area contributed by atoms with Gasteiger partial charge in [-0.25, -0.2) is 0 Å². The van der Waals surface area contributed by atoms with E-state index in [1.807, 2.05) is 4.90 Å². The summed E-state index contributed by atoms with van der Waals surface area (Å²) in [6.07, 6.45) is 8.42. The predicted molar refractivity (Wildman–Crippen MR) is 80.7 cm³/mol. The maximum Gasteiger partial charge on any atom is 0.237 e. The van der Waals surface area contributed by atoms with Gasteiger partial charge in [0, 0.05) is 25.0 Å². The van der Waals surface area contributed by atoms with E-state index in [2.05, 4.69) is 10.6 Å². The Bertz CT molecular complexity index is 379. The lowest BCUT2D eigenvalue weighted by Gasteiger charge is -2.33. The molecule has 3 aliphatic rings. The normalized spacial score (nSPS) is 28.0. The third-order valence-electron chi connectivity index (χ3n) is 4.96. The quantitative estimate of drug-likeness (QED) is 0.817. The summed E-state index contributed by atoms with van der Waals surface area (Å²) < 4.78 is 0. The highest BCUT2D eigenvalue weighted by atomic mass is 16.2. The van der Waals surface area contributed by atoms with E-state index in [1.165, 1.54) is 12.8 Å². The molecule has 3 rings (SSSR count). The number of carbonyl (C=O) groups excluding carboxylic acids is 2. The van der Waals surface area contributed by atoms with Crippen molar-refractivity contribution in [2.75, 3.05) is 19.6 Å². The molecule has 5 nitrogen and oxygen atoms in total. The molecule has 0 aromatic rings. The fourth-order valence-corrected chi connectivity index (χ4v) is 3.39. The molecule has 2 amide bonds. The van der Waals surface area contributed by atoms with Crippen LogP contribution in [0.4, 0.5) is 0 Å². The first-order chi connectivity index (χ1) is 10.2. The van der Waals surface area contributed by atoms with Gasteiger partial charge < -0.3 is 15.5 Å². The van der Waals surface area contributed by atoms with E-state index in [-0.39, 0.29) is 18.0 Å². The molecule has 3 fully saturated rings. The van der Waals surface area contributed by atoms with Crippen molar-refractivity contribution in [1.82, 2.24) is 15.5 Å². The van der Waals surface area contributed by atoms with Crippen LogP contribution in [-0.2, 0) is 9.59 Å². The van der Waals surface area contributed by atoms with Crippen LogP contribution in [0.5, 0.6) is 0 Å². The van der Waals surface area contributed by atoms with E-state index in [1.54, 1.807) is 0 Å². The Morgan fingerprint density at radius 3 is 2.43 bits per heavy atom. The summed E-state index contributed by atoms with van der Waals surface area (Å²) in [5.41, 5.74) is 0. The summed E-state index contributed by atoms with van der Waals surface area (Å²) in [6.45, 7) is 2.56. The number of hydrogen-bond donors (Lipinski definition) is 2. The van der Waals surface area contributed by atoms with Gasteiger partial charge in [-0.1, -0.05) is 12.8 Å². The van der Waals surface area contributed by atoms with Crippen LogP contribution in [0.25, 0.3) is 0 Å². The molecule has 0 radical (unpaired) electrons. The lowest BCUT2D eigenvalue weighted by atomic mass is 10.0. The molecule has 0 bridgehead atoms. The van der Waals surface area contributed by atoms with Crippen LogP contribution in [0.15, 0.2) is 0 Å². The molecule has 1 saturated carbocycles. The van der Waals surface area contributed by atoms with Gasteiger partial charge in [0.25, 0.3) is 0 Å². The van der Waals surface area contributed by atoms with Gasteiger partial charge in [-0.2, -0.15) is 0 Å². The summed E-state index contributed by atoms with van der Waals surface area (Å²) in [6, 6.07) is 0.226. The molecule has 1 aliphatic carbocycles. The van der Waals surface area contributed by atoms with E-state index in [0.29, 0.717) is 11.8 Å². The van der Waals surface area contributed by atoms with Gasteiger partial charge in [-0.05, 0) is 45.1 Å². The number of amides is 2. The minimum atomic E-state index is -0.0152. The summed E-state index contributed by atoms with van der Waals surface area (Å²) in [7, 11) is 0. The fourth-order valence-electron chi connectivity index (χ4n) is 3.39. The van der Waals surface area contributed by atoms with Crippen molar-refractivity contribution < 1.29 is 9.59 Å². The van der Waals surface area contributed by atoms with Crippen molar-refractivity contribution in [3.63, 3.8) is 0 Å². The molecule has 2 heterocycles. The fraction of sp³-hybridized carbons (Fsp3) is 0.875. The van der Waals surface area contributed by atoms with E-state index in [9.17, 15) is 9.59 Å². The standard InChI is InChI=1S/C16H27N3O2/c20-15(14-4-2-1-3-9-17-14)18-13-7-10-19(11-8-13)16(21)12-5-6-12/h12-14,17H,1-11H2,(H,18,20). The van der Waals surface area contributed by atoms with Crippen LogP contribution in [0.3, 0.4) is 0 Å². The summed E-state index contributed by atoms with van der Waals surface area (Å²) in [5, 5.41) is 6.53. The highest BCUT2D eigenvalue weighted by Gasteiger charge is 2.35. The first-order valence-electron chi connectivity index (χ1n) is 8.56. The number of piperidine rings is 1. The second-order valence-electron chi connectivity index (χ2n) is 6.74. The number of nitrogens with zero attached hydrogens (tertiary/aromatic N) is 1. The first kappa shape index (κ1) is 14.8. The van der Waals surface area contributed by atoms with Crippen LogP contribution in [-0.4, -0.2) is 48.4 Å². The van der Waals surface area contributed by atoms with Crippen molar-refractivity contribution in [1.29, 1.82) is 0 Å². The monoisotopic (exact) mass is 293 g/mol. The Labute approximate surface area is 126 Å². The van der Waals surface area contributed by atoms with E-state index in [0.717, 1.165) is 58.2 Å². The van der Waals surface area contributed by atoms with Crippen molar-refractivity contribution in [2.24, 2.45) is 5.92 Å². The van der Waals surface area contributed by atoms with E-state index in [4.69, 9.17) is 0 Å². The molecule has 0 aromatic heterocycles. The third kappa shape index (κ3) is 3.96. The summed E-state index contributed by atoms with van der Waals surface area (Å²) in [5.74, 6) is 0.806. The van der Waals surface area contributed by atoms with E-state index >= 15 is 0 Å². The number of rotatable bonds is 3. The molecular formula is C16H27N3O2. The first-order valence-corrected chi connectivity index (χ1v) is 8.56. The van der Waals surface area contributed by atoms with Gasteiger partial charge in [-0.15, -0.1) is 0 Å². The third-order valence-corrected chi connectivity index (χ3v) is 4.96. The lowest BCUT2D eigenvalue weighted by Crippen LogP contribution is -2.51. The van der Waals surface area contributed by atoms with Gasteiger partial charge in [0.15, 0.2) is 0 Å². The average molecular weight is 293 g/mol. The smallest absolute Gasteiger partial charge is 0.237 e. The molecular weight excluding hydrogens is 266 g/mol. The molecule has 2 N–H and O–H groups in total. The van der Waals surface area contributed by atoms with Crippen molar-refractivity contribution in [3.8, 4) is 0 Å². The Hall–Kier alpha value is -1.10. The van der Waals surface area contributed by atoms with Crippen molar-refractivity contribution in [3.05, 3.63) is 0 Å². The van der Waals surface area contributed by atoms with Crippen LogP contribution < -0.4 is 10.6 Å². The van der Waals surface area contributed by atoms with E-state index < -0.39 is 0 Å². The Morgan fingerprint density at radius 2 is 1.71 bits per heavy atom. The molecule has 2 aliphatic heterocycles. The molecule has 118 valence electrons. The summed E-state index contributed by atoms with van der Waals surface area (Å²) in [4.78, 5) is 26.3. The van der Waals surface area contributed by atoms with Crippen LogP contribution in [0.2, 0.25) is 0 Å². The molecule has 21 heavy (non-hydrogen) atoms. The minimum absolute atomic E-state index is 0.0152. The predicted octanol–water partition coefficient (Wildman–Crippen LogP) is 1.04. The second kappa shape index (κ2) is 6.77. The Morgan fingerprint density at radius 1 is 0.952 bits per heavy atom.